The highest BCUT2D eigenvalue weighted by Gasteiger charge is 2.57. The van der Waals surface area contributed by atoms with Crippen LogP contribution in [-0.4, -0.2) is 30.3 Å². The van der Waals surface area contributed by atoms with Gasteiger partial charge in [0.2, 0.25) is 11.8 Å². The van der Waals surface area contributed by atoms with E-state index in [1.165, 1.54) is 0 Å². The zero-order valence-electron chi connectivity index (χ0n) is 13.8. The number of nitrogens with one attached hydrogen (secondary N) is 1. The van der Waals surface area contributed by atoms with E-state index in [1.54, 1.807) is 11.9 Å². The number of hydrogen-bond acceptors (Lipinski definition) is 2. The molecule has 0 saturated heterocycles. The molecule has 1 N–H and O–H groups in total. The van der Waals surface area contributed by atoms with Gasteiger partial charge in [-0.25, -0.2) is 0 Å². The highest BCUT2D eigenvalue weighted by atomic mass is 16.2. The molecule has 0 atom stereocenters. The number of nitrogens with zero attached hydrogens (tertiary/aromatic N) is 1. The second kappa shape index (κ2) is 6.95. The minimum absolute atomic E-state index is 0.0570. The molecular weight excluding hydrogens is 276 g/mol. The van der Waals surface area contributed by atoms with E-state index in [0.29, 0.717) is 31.8 Å². The van der Waals surface area contributed by atoms with Crippen LogP contribution in [0.1, 0.15) is 38.7 Å². The zero-order chi connectivity index (χ0) is 16.2. The average Bonchev–Trinajstić information content (AvgIpc) is 3.28. The Bertz CT molecular complexity index is 521. The van der Waals surface area contributed by atoms with Crippen LogP contribution in [0.15, 0.2) is 30.3 Å². The molecule has 1 aliphatic rings. The van der Waals surface area contributed by atoms with Gasteiger partial charge in [0.25, 0.3) is 0 Å². The molecule has 2 rings (SSSR count). The molecule has 0 heterocycles. The number of amides is 2. The number of hydrogen-bond donors (Lipinski definition) is 1. The van der Waals surface area contributed by atoms with E-state index >= 15 is 0 Å². The van der Waals surface area contributed by atoms with Crippen molar-refractivity contribution in [3.8, 4) is 0 Å². The molecule has 2 amide bonds. The first kappa shape index (κ1) is 16.5. The fourth-order valence-electron chi connectivity index (χ4n) is 2.60. The number of carbonyl (C=O) groups is 2. The molecule has 0 spiro atoms. The molecule has 0 aliphatic heterocycles. The highest BCUT2D eigenvalue weighted by molar-refractivity contribution is 6.07. The van der Waals surface area contributed by atoms with Gasteiger partial charge in [0.15, 0.2) is 0 Å². The SMILES string of the molecule is CC(C)CCNC(=O)C1(C(=O)N(C)Cc2ccccc2)CC1. The van der Waals surface area contributed by atoms with E-state index in [1.807, 2.05) is 30.3 Å². The van der Waals surface area contributed by atoms with Crippen molar-refractivity contribution < 1.29 is 9.59 Å². The van der Waals surface area contributed by atoms with Gasteiger partial charge in [-0.2, -0.15) is 0 Å². The van der Waals surface area contributed by atoms with Crippen LogP contribution in [0.25, 0.3) is 0 Å². The van der Waals surface area contributed by atoms with Crippen molar-refractivity contribution in [2.24, 2.45) is 11.3 Å². The quantitative estimate of drug-likeness (QED) is 0.787. The van der Waals surface area contributed by atoms with Gasteiger partial charge < -0.3 is 10.2 Å². The topological polar surface area (TPSA) is 49.4 Å². The molecule has 1 aromatic carbocycles. The van der Waals surface area contributed by atoms with E-state index in [9.17, 15) is 9.59 Å². The van der Waals surface area contributed by atoms with Crippen molar-refractivity contribution in [2.75, 3.05) is 13.6 Å². The van der Waals surface area contributed by atoms with E-state index in [0.717, 1.165) is 12.0 Å². The van der Waals surface area contributed by atoms with Crippen molar-refractivity contribution >= 4 is 11.8 Å². The highest BCUT2D eigenvalue weighted by Crippen LogP contribution is 2.47. The maximum Gasteiger partial charge on any atom is 0.238 e. The molecule has 0 radical (unpaired) electrons. The summed E-state index contributed by atoms with van der Waals surface area (Å²) in [5, 5.41) is 2.93. The largest absolute Gasteiger partial charge is 0.355 e. The Kier molecular flexibility index (Phi) is 5.22. The lowest BCUT2D eigenvalue weighted by Crippen LogP contribution is -2.44. The summed E-state index contributed by atoms with van der Waals surface area (Å²) in [7, 11) is 1.77. The Hall–Kier alpha value is -1.84. The van der Waals surface area contributed by atoms with Gasteiger partial charge in [0.1, 0.15) is 5.41 Å². The predicted octanol–water partition coefficient (Wildman–Crippen LogP) is 2.59. The second-order valence-corrected chi connectivity index (χ2v) is 6.67. The zero-order valence-corrected chi connectivity index (χ0v) is 13.8. The van der Waals surface area contributed by atoms with Crippen LogP contribution < -0.4 is 5.32 Å². The van der Waals surface area contributed by atoms with Crippen LogP contribution in [0.4, 0.5) is 0 Å². The minimum Gasteiger partial charge on any atom is -0.355 e. The van der Waals surface area contributed by atoms with Crippen molar-refractivity contribution in [2.45, 2.75) is 39.7 Å². The third-order valence-electron chi connectivity index (χ3n) is 4.21. The van der Waals surface area contributed by atoms with Gasteiger partial charge in [-0.15, -0.1) is 0 Å². The predicted molar refractivity (Wildman–Crippen MR) is 87.0 cm³/mol. The van der Waals surface area contributed by atoms with Crippen molar-refractivity contribution in [1.82, 2.24) is 10.2 Å². The first-order chi connectivity index (χ1) is 10.5. The lowest BCUT2D eigenvalue weighted by molar-refractivity contribution is -0.143. The van der Waals surface area contributed by atoms with E-state index in [4.69, 9.17) is 0 Å². The van der Waals surface area contributed by atoms with Crippen molar-refractivity contribution in [3.05, 3.63) is 35.9 Å². The Morgan fingerprint density at radius 3 is 2.41 bits per heavy atom. The summed E-state index contributed by atoms with van der Waals surface area (Å²) in [6, 6.07) is 9.85. The normalized spacial score (nSPS) is 15.5. The Morgan fingerprint density at radius 1 is 1.23 bits per heavy atom. The van der Waals surface area contributed by atoms with Crippen LogP contribution in [0, 0.1) is 11.3 Å². The van der Waals surface area contributed by atoms with E-state index in [2.05, 4.69) is 19.2 Å². The number of benzene rings is 1. The van der Waals surface area contributed by atoms with Gasteiger partial charge in [0.05, 0.1) is 0 Å². The number of carbonyl (C=O) groups excluding carboxylic acids is 2. The first-order valence-corrected chi connectivity index (χ1v) is 8.03. The van der Waals surface area contributed by atoms with Gasteiger partial charge in [-0.05, 0) is 30.7 Å². The van der Waals surface area contributed by atoms with Crippen LogP contribution in [-0.2, 0) is 16.1 Å². The molecule has 1 fully saturated rings. The smallest absolute Gasteiger partial charge is 0.238 e. The lowest BCUT2D eigenvalue weighted by atomic mass is 10.0. The fraction of sp³-hybridized carbons (Fsp3) is 0.556. The summed E-state index contributed by atoms with van der Waals surface area (Å²) in [6.45, 7) is 5.43. The summed E-state index contributed by atoms with van der Waals surface area (Å²) in [4.78, 5) is 26.7. The molecule has 120 valence electrons. The van der Waals surface area contributed by atoms with Crippen LogP contribution in [0.2, 0.25) is 0 Å². The Labute approximate surface area is 132 Å². The van der Waals surface area contributed by atoms with E-state index < -0.39 is 5.41 Å². The number of rotatable bonds is 7. The summed E-state index contributed by atoms with van der Waals surface area (Å²) >= 11 is 0. The third kappa shape index (κ3) is 3.87. The van der Waals surface area contributed by atoms with Gasteiger partial charge in [-0.3, -0.25) is 9.59 Å². The van der Waals surface area contributed by atoms with E-state index in [-0.39, 0.29) is 11.8 Å². The minimum atomic E-state index is -0.805. The molecule has 1 saturated carbocycles. The molecule has 4 heteroatoms. The van der Waals surface area contributed by atoms with Gasteiger partial charge >= 0.3 is 0 Å². The lowest BCUT2D eigenvalue weighted by Gasteiger charge is -2.23. The standard InChI is InChI=1S/C18H26N2O2/c1-14(2)9-12-19-16(21)18(10-11-18)17(22)20(3)13-15-7-5-4-6-8-15/h4-8,14H,9-13H2,1-3H3,(H,19,21). The second-order valence-electron chi connectivity index (χ2n) is 6.67. The molecule has 0 aromatic heterocycles. The van der Waals surface area contributed by atoms with Crippen LogP contribution >= 0.6 is 0 Å². The maximum absolute atomic E-state index is 12.6. The first-order valence-electron chi connectivity index (χ1n) is 8.03. The van der Waals surface area contributed by atoms with Crippen LogP contribution in [0.3, 0.4) is 0 Å². The van der Waals surface area contributed by atoms with Crippen molar-refractivity contribution in [3.63, 3.8) is 0 Å². The summed E-state index contributed by atoms with van der Waals surface area (Å²) < 4.78 is 0. The molecule has 1 aromatic rings. The molecule has 0 bridgehead atoms. The van der Waals surface area contributed by atoms with Gasteiger partial charge in [0, 0.05) is 20.1 Å². The molecule has 1 aliphatic carbocycles. The van der Waals surface area contributed by atoms with Crippen LogP contribution in [0.5, 0.6) is 0 Å². The summed E-state index contributed by atoms with van der Waals surface area (Å²) in [5.74, 6) is 0.392. The monoisotopic (exact) mass is 302 g/mol. The molecular formula is C18H26N2O2. The summed E-state index contributed by atoms with van der Waals surface area (Å²) in [6.07, 6.45) is 2.27. The van der Waals surface area contributed by atoms with Crippen molar-refractivity contribution in [1.29, 1.82) is 0 Å². The molecule has 22 heavy (non-hydrogen) atoms. The fourth-order valence-corrected chi connectivity index (χ4v) is 2.60. The molecule has 4 nitrogen and oxygen atoms in total. The third-order valence-corrected chi connectivity index (χ3v) is 4.21. The molecule has 0 unspecified atom stereocenters. The maximum atomic E-state index is 12.6. The Balaban J connectivity index is 1.91. The average molecular weight is 302 g/mol. The van der Waals surface area contributed by atoms with Gasteiger partial charge in [-0.1, -0.05) is 44.2 Å². The summed E-state index contributed by atoms with van der Waals surface area (Å²) in [5.41, 5.74) is 0.273. The Morgan fingerprint density at radius 2 is 1.86 bits per heavy atom.